The van der Waals surface area contributed by atoms with E-state index in [9.17, 15) is 15.0 Å². The number of hydrogen-bond acceptors (Lipinski definition) is 5. The van der Waals surface area contributed by atoms with Gasteiger partial charge in [0.15, 0.2) is 11.5 Å². The summed E-state index contributed by atoms with van der Waals surface area (Å²) in [4.78, 5) is 12.9. The molecule has 1 saturated heterocycles. The molecular weight excluding hydrogens is 262 g/mol. The van der Waals surface area contributed by atoms with E-state index in [1.165, 1.54) is 7.11 Å². The monoisotopic (exact) mass is 281 g/mol. The number of aliphatic hydroxyl groups is 1. The minimum Gasteiger partial charge on any atom is -0.504 e. The van der Waals surface area contributed by atoms with Gasteiger partial charge in [0.25, 0.3) is 0 Å². The number of carbonyl (C=O) groups is 1. The third kappa shape index (κ3) is 3.20. The lowest BCUT2D eigenvalue weighted by molar-refractivity contribution is -0.148. The van der Waals surface area contributed by atoms with Crippen molar-refractivity contribution in [2.24, 2.45) is 5.92 Å². The Morgan fingerprint density at radius 2 is 2.25 bits per heavy atom. The number of methoxy groups -OCH3 is 1. The Kier molecular flexibility index (Phi) is 4.46. The zero-order valence-electron chi connectivity index (χ0n) is 11.3. The van der Waals surface area contributed by atoms with Crippen LogP contribution in [0.25, 0.3) is 0 Å². The Labute approximate surface area is 117 Å². The summed E-state index contributed by atoms with van der Waals surface area (Å²) >= 11 is 0. The predicted molar refractivity (Wildman–Crippen MR) is 71.7 cm³/mol. The van der Waals surface area contributed by atoms with E-state index in [1.807, 2.05) is 11.0 Å². The van der Waals surface area contributed by atoms with Crippen molar-refractivity contribution in [3.63, 3.8) is 0 Å². The number of aliphatic hydroxyl groups excluding tert-OH is 1. The molecule has 1 aliphatic rings. The van der Waals surface area contributed by atoms with E-state index in [-0.39, 0.29) is 5.75 Å². The first-order valence-electron chi connectivity index (χ1n) is 6.50. The maximum Gasteiger partial charge on any atom is 0.309 e. The molecule has 0 saturated carbocycles. The molecule has 0 spiro atoms. The Hall–Kier alpha value is -1.79. The number of aliphatic carboxylic acids is 1. The number of hydrogen-bond donors (Lipinski definition) is 3. The number of carboxylic acid groups (broad SMARTS) is 1. The summed E-state index contributed by atoms with van der Waals surface area (Å²) < 4.78 is 4.98. The number of benzene rings is 1. The standard InChI is InChI=1S/C14H19NO5/c1-20-13-3-2-9(6-11(13)16)7-15-5-4-10(14(18)19)12(17)8-15/h2-3,6,10,12,16-17H,4-5,7-8H2,1H3,(H,18,19)/t10-,12+/m0/s1. The summed E-state index contributed by atoms with van der Waals surface area (Å²) in [6.45, 7) is 1.49. The molecule has 2 rings (SSSR count). The molecule has 1 aromatic rings. The van der Waals surface area contributed by atoms with Crippen molar-refractivity contribution in [2.45, 2.75) is 19.1 Å². The van der Waals surface area contributed by atoms with Crippen molar-refractivity contribution in [3.8, 4) is 11.5 Å². The van der Waals surface area contributed by atoms with E-state index < -0.39 is 18.0 Å². The highest BCUT2D eigenvalue weighted by molar-refractivity contribution is 5.70. The Morgan fingerprint density at radius 3 is 2.80 bits per heavy atom. The molecular formula is C14H19NO5. The lowest BCUT2D eigenvalue weighted by Gasteiger charge is -2.33. The fourth-order valence-electron chi connectivity index (χ4n) is 2.52. The number of carboxylic acids is 1. The van der Waals surface area contributed by atoms with Crippen molar-refractivity contribution in [2.75, 3.05) is 20.2 Å². The van der Waals surface area contributed by atoms with Crippen LogP contribution >= 0.6 is 0 Å². The molecule has 110 valence electrons. The van der Waals surface area contributed by atoms with Crippen LogP contribution in [0.2, 0.25) is 0 Å². The summed E-state index contributed by atoms with van der Waals surface area (Å²) in [5.41, 5.74) is 0.893. The van der Waals surface area contributed by atoms with E-state index >= 15 is 0 Å². The van der Waals surface area contributed by atoms with Gasteiger partial charge >= 0.3 is 5.97 Å². The van der Waals surface area contributed by atoms with E-state index in [2.05, 4.69) is 0 Å². The summed E-state index contributed by atoms with van der Waals surface area (Å²) in [6, 6.07) is 5.15. The maximum atomic E-state index is 10.9. The molecule has 1 aromatic carbocycles. The van der Waals surface area contributed by atoms with Gasteiger partial charge in [-0.1, -0.05) is 6.07 Å². The Balaban J connectivity index is 1.98. The molecule has 1 heterocycles. The van der Waals surface area contributed by atoms with Crippen LogP contribution in [0, 0.1) is 5.92 Å². The van der Waals surface area contributed by atoms with Crippen LogP contribution in [0.3, 0.4) is 0 Å². The van der Waals surface area contributed by atoms with Gasteiger partial charge in [-0.3, -0.25) is 9.69 Å². The van der Waals surface area contributed by atoms with Crippen LogP contribution in [0.4, 0.5) is 0 Å². The third-order valence-electron chi connectivity index (χ3n) is 3.63. The predicted octanol–water partition coefficient (Wildman–Crippen LogP) is 0.668. The smallest absolute Gasteiger partial charge is 0.309 e. The molecule has 1 aliphatic heterocycles. The highest BCUT2D eigenvalue weighted by Crippen LogP contribution is 2.27. The first kappa shape index (κ1) is 14.6. The van der Waals surface area contributed by atoms with E-state index in [0.29, 0.717) is 31.8 Å². The van der Waals surface area contributed by atoms with Crippen molar-refractivity contribution in [1.82, 2.24) is 4.90 Å². The van der Waals surface area contributed by atoms with E-state index in [0.717, 1.165) is 5.56 Å². The number of likely N-dealkylation sites (tertiary alicyclic amines) is 1. The number of ether oxygens (including phenoxy) is 1. The molecule has 2 atom stereocenters. The Bertz CT molecular complexity index is 490. The third-order valence-corrected chi connectivity index (χ3v) is 3.63. The molecule has 0 bridgehead atoms. The highest BCUT2D eigenvalue weighted by Gasteiger charge is 2.32. The lowest BCUT2D eigenvalue weighted by atomic mass is 9.94. The summed E-state index contributed by atoms with van der Waals surface area (Å²) in [7, 11) is 1.49. The van der Waals surface area contributed by atoms with Crippen molar-refractivity contribution >= 4 is 5.97 Å². The number of aromatic hydroxyl groups is 1. The Morgan fingerprint density at radius 1 is 1.50 bits per heavy atom. The van der Waals surface area contributed by atoms with Crippen molar-refractivity contribution in [3.05, 3.63) is 23.8 Å². The van der Waals surface area contributed by atoms with Crippen LogP contribution < -0.4 is 4.74 Å². The molecule has 0 aromatic heterocycles. The van der Waals surface area contributed by atoms with Crippen molar-refractivity contribution < 1.29 is 24.9 Å². The van der Waals surface area contributed by atoms with Gasteiger partial charge < -0.3 is 20.1 Å². The summed E-state index contributed by atoms with van der Waals surface area (Å²) in [6.07, 6.45) is -0.424. The van der Waals surface area contributed by atoms with Crippen molar-refractivity contribution in [1.29, 1.82) is 0 Å². The van der Waals surface area contributed by atoms with E-state index in [1.54, 1.807) is 12.1 Å². The zero-order valence-corrected chi connectivity index (χ0v) is 11.3. The number of phenolic OH excluding ortho intramolecular Hbond substituents is 1. The number of β-amino-alcohol motifs (C(OH)–C–C–N with tert-alkyl or cyclic N) is 1. The molecule has 0 amide bonds. The minimum absolute atomic E-state index is 0.0750. The van der Waals surface area contributed by atoms with Gasteiger partial charge in [0.2, 0.25) is 0 Å². The number of phenols is 1. The van der Waals surface area contributed by atoms with E-state index in [4.69, 9.17) is 9.84 Å². The number of rotatable bonds is 4. The maximum absolute atomic E-state index is 10.9. The second-order valence-corrected chi connectivity index (χ2v) is 5.04. The highest BCUT2D eigenvalue weighted by atomic mass is 16.5. The summed E-state index contributed by atoms with van der Waals surface area (Å²) in [5.74, 6) is -1.14. The molecule has 1 fully saturated rings. The van der Waals surface area contributed by atoms with Crippen LogP contribution in [0.15, 0.2) is 18.2 Å². The topological polar surface area (TPSA) is 90.2 Å². The van der Waals surface area contributed by atoms with Gasteiger partial charge in [-0.25, -0.2) is 0 Å². The molecule has 20 heavy (non-hydrogen) atoms. The zero-order chi connectivity index (χ0) is 14.7. The normalized spacial score (nSPS) is 23.5. The van der Waals surface area contributed by atoms with Gasteiger partial charge in [-0.05, 0) is 30.7 Å². The van der Waals surface area contributed by atoms with Gasteiger partial charge in [0.1, 0.15) is 0 Å². The lowest BCUT2D eigenvalue weighted by Crippen LogP contribution is -2.46. The van der Waals surface area contributed by atoms with Gasteiger partial charge in [-0.15, -0.1) is 0 Å². The minimum atomic E-state index is -0.945. The van der Waals surface area contributed by atoms with Gasteiger partial charge in [0.05, 0.1) is 19.1 Å². The number of piperidine rings is 1. The molecule has 6 heteroatoms. The second kappa shape index (κ2) is 6.11. The second-order valence-electron chi connectivity index (χ2n) is 5.04. The fourth-order valence-corrected chi connectivity index (χ4v) is 2.52. The quantitative estimate of drug-likeness (QED) is 0.751. The molecule has 0 radical (unpaired) electrons. The first-order valence-corrected chi connectivity index (χ1v) is 6.50. The van der Waals surface area contributed by atoms with Gasteiger partial charge in [-0.2, -0.15) is 0 Å². The summed E-state index contributed by atoms with van der Waals surface area (Å²) in [5, 5.41) is 28.5. The largest absolute Gasteiger partial charge is 0.504 e. The van der Waals surface area contributed by atoms with Crippen LogP contribution in [-0.2, 0) is 11.3 Å². The molecule has 3 N–H and O–H groups in total. The molecule has 0 aliphatic carbocycles. The molecule has 6 nitrogen and oxygen atoms in total. The van der Waals surface area contributed by atoms with Crippen LogP contribution in [0.5, 0.6) is 11.5 Å². The fraction of sp³-hybridized carbons (Fsp3) is 0.500. The average molecular weight is 281 g/mol. The number of nitrogens with zero attached hydrogens (tertiary/aromatic N) is 1. The SMILES string of the molecule is COc1ccc(CN2CC[C@H](C(=O)O)[C@H](O)C2)cc1O. The average Bonchev–Trinajstić information content (AvgIpc) is 2.38. The van der Waals surface area contributed by atoms with Crippen LogP contribution in [-0.4, -0.2) is 52.5 Å². The first-order chi connectivity index (χ1) is 9.51. The molecule has 0 unspecified atom stereocenters. The van der Waals surface area contributed by atoms with Gasteiger partial charge in [0, 0.05) is 13.1 Å². The van der Waals surface area contributed by atoms with Crippen LogP contribution in [0.1, 0.15) is 12.0 Å².